The lowest BCUT2D eigenvalue weighted by molar-refractivity contribution is -0.140. The molecule has 0 fully saturated rings. The predicted molar refractivity (Wildman–Crippen MR) is 162 cm³/mol. The first-order valence-corrected chi connectivity index (χ1v) is 15.4. The first-order valence-electron chi connectivity index (χ1n) is 14.0. The number of nitrogens with one attached hydrogen (secondary N) is 1. The fraction of sp³-hybridized carbons (Fsp3) is 0.375. The van der Waals surface area contributed by atoms with Gasteiger partial charge in [-0.15, -0.1) is 0 Å². The van der Waals surface area contributed by atoms with Gasteiger partial charge in [0, 0.05) is 13.1 Å². The molecule has 0 aliphatic rings. The van der Waals surface area contributed by atoms with Crippen molar-refractivity contribution in [2.75, 3.05) is 24.0 Å². The van der Waals surface area contributed by atoms with Crippen LogP contribution in [-0.2, 0) is 26.2 Å². The van der Waals surface area contributed by atoms with Crippen LogP contribution in [0.1, 0.15) is 45.2 Å². The summed E-state index contributed by atoms with van der Waals surface area (Å²) in [5.74, 6) is -0.188. The minimum Gasteiger partial charge on any atom is -0.492 e. The third-order valence-electron chi connectivity index (χ3n) is 6.55. The molecule has 9 heteroatoms. The number of amides is 2. The van der Waals surface area contributed by atoms with Crippen molar-refractivity contribution in [3.05, 3.63) is 90.0 Å². The van der Waals surface area contributed by atoms with Gasteiger partial charge in [0.15, 0.2) is 0 Å². The van der Waals surface area contributed by atoms with Gasteiger partial charge in [0.2, 0.25) is 11.8 Å². The second-order valence-corrected chi connectivity index (χ2v) is 12.2. The number of hydrogen-bond donors (Lipinski definition) is 1. The quantitative estimate of drug-likeness (QED) is 0.284. The van der Waals surface area contributed by atoms with Crippen molar-refractivity contribution in [3.63, 3.8) is 0 Å². The summed E-state index contributed by atoms with van der Waals surface area (Å²) in [6.07, 6.45) is 0.364. The molecule has 1 unspecified atom stereocenters. The lowest BCUT2D eigenvalue weighted by Gasteiger charge is -2.33. The summed E-state index contributed by atoms with van der Waals surface area (Å²) in [4.78, 5) is 29.1. The van der Waals surface area contributed by atoms with E-state index >= 15 is 0 Å². The summed E-state index contributed by atoms with van der Waals surface area (Å²) in [6, 6.07) is 21.7. The van der Waals surface area contributed by atoms with E-state index < -0.39 is 28.5 Å². The van der Waals surface area contributed by atoms with Crippen molar-refractivity contribution in [2.45, 2.75) is 58.5 Å². The normalized spacial score (nSPS) is 12.0. The monoisotopic (exact) mass is 579 g/mol. The van der Waals surface area contributed by atoms with E-state index in [1.54, 1.807) is 42.5 Å². The number of carbonyl (C=O) groups excluding carboxylic acids is 2. The summed E-state index contributed by atoms with van der Waals surface area (Å²) in [5.41, 5.74) is 2.12. The van der Waals surface area contributed by atoms with E-state index in [-0.39, 0.29) is 29.0 Å². The number of sulfonamides is 1. The third kappa shape index (κ3) is 8.33. The average Bonchev–Trinajstić information content (AvgIpc) is 2.95. The molecular weight excluding hydrogens is 538 g/mol. The molecule has 0 saturated heterocycles. The Kier molecular flexibility index (Phi) is 11.3. The Morgan fingerprint density at radius 2 is 1.61 bits per heavy atom. The third-order valence-corrected chi connectivity index (χ3v) is 8.32. The van der Waals surface area contributed by atoms with E-state index in [1.165, 1.54) is 17.0 Å². The van der Waals surface area contributed by atoms with Crippen LogP contribution in [0.5, 0.6) is 5.75 Å². The number of ether oxygens (including phenoxy) is 1. The smallest absolute Gasteiger partial charge is 0.264 e. The predicted octanol–water partition coefficient (Wildman–Crippen LogP) is 5.17. The highest BCUT2D eigenvalue weighted by Gasteiger charge is 2.34. The topological polar surface area (TPSA) is 96.0 Å². The van der Waals surface area contributed by atoms with Crippen LogP contribution in [-0.4, -0.2) is 50.9 Å². The fourth-order valence-corrected chi connectivity index (χ4v) is 5.97. The van der Waals surface area contributed by atoms with E-state index in [4.69, 9.17) is 4.74 Å². The molecule has 3 aromatic rings. The zero-order valence-electron chi connectivity index (χ0n) is 24.5. The molecule has 41 heavy (non-hydrogen) atoms. The average molecular weight is 580 g/mol. The Bertz CT molecular complexity index is 1410. The first kappa shape index (κ1) is 31.7. The molecule has 0 bridgehead atoms. The lowest BCUT2D eigenvalue weighted by atomic mass is 10.1. The molecule has 2 amide bonds. The molecule has 0 aromatic heterocycles. The molecular formula is C32H41N3O5S. The Hall–Kier alpha value is -3.85. The van der Waals surface area contributed by atoms with Gasteiger partial charge in [0.25, 0.3) is 10.0 Å². The van der Waals surface area contributed by atoms with Crippen LogP contribution in [0.3, 0.4) is 0 Å². The number of carbonyl (C=O) groups is 2. The molecule has 1 atom stereocenters. The zero-order chi connectivity index (χ0) is 30.0. The van der Waals surface area contributed by atoms with Crippen molar-refractivity contribution in [1.29, 1.82) is 0 Å². The lowest BCUT2D eigenvalue weighted by Crippen LogP contribution is -2.52. The van der Waals surface area contributed by atoms with E-state index in [0.29, 0.717) is 25.3 Å². The highest BCUT2D eigenvalue weighted by atomic mass is 32.2. The molecule has 3 rings (SSSR count). The number of benzene rings is 3. The molecule has 0 heterocycles. The van der Waals surface area contributed by atoms with Gasteiger partial charge in [-0.25, -0.2) is 8.42 Å². The number of rotatable bonds is 14. The van der Waals surface area contributed by atoms with Gasteiger partial charge in [-0.2, -0.15) is 0 Å². The minimum atomic E-state index is -4.17. The first-order chi connectivity index (χ1) is 19.6. The summed E-state index contributed by atoms with van der Waals surface area (Å²) in [6.45, 7) is 10.0. The summed E-state index contributed by atoms with van der Waals surface area (Å²) < 4.78 is 34.9. The standard InChI is InChI=1S/C32H41N3O5S/c1-6-28(32(37)33-21-24(3)4)34(22-26-15-13-14-25(5)20-26)31(36)23-35(29-18-11-12-19-30(29)40-7-2)41(38,39)27-16-9-8-10-17-27/h8-20,24,28H,6-7,21-23H2,1-5H3,(H,33,37). The van der Waals surface area contributed by atoms with Crippen LogP contribution < -0.4 is 14.4 Å². The van der Waals surface area contributed by atoms with Gasteiger partial charge < -0.3 is 15.0 Å². The molecule has 3 aromatic carbocycles. The fourth-order valence-electron chi connectivity index (χ4n) is 4.52. The Labute approximate surface area is 244 Å². The number of nitrogens with zero attached hydrogens (tertiary/aromatic N) is 2. The molecule has 0 aliphatic carbocycles. The number of aryl methyl sites for hydroxylation is 1. The van der Waals surface area contributed by atoms with Crippen LogP contribution in [0.4, 0.5) is 5.69 Å². The van der Waals surface area contributed by atoms with Crippen molar-refractivity contribution >= 4 is 27.5 Å². The van der Waals surface area contributed by atoms with Crippen molar-refractivity contribution in [1.82, 2.24) is 10.2 Å². The van der Waals surface area contributed by atoms with Crippen LogP contribution >= 0.6 is 0 Å². The maximum atomic E-state index is 14.2. The highest BCUT2D eigenvalue weighted by molar-refractivity contribution is 7.92. The second-order valence-electron chi connectivity index (χ2n) is 10.3. The van der Waals surface area contributed by atoms with Gasteiger partial charge >= 0.3 is 0 Å². The van der Waals surface area contributed by atoms with E-state index in [0.717, 1.165) is 15.4 Å². The zero-order valence-corrected chi connectivity index (χ0v) is 25.4. The van der Waals surface area contributed by atoms with Crippen LogP contribution in [0.2, 0.25) is 0 Å². The van der Waals surface area contributed by atoms with E-state index in [9.17, 15) is 18.0 Å². The van der Waals surface area contributed by atoms with E-state index in [1.807, 2.05) is 58.9 Å². The molecule has 8 nitrogen and oxygen atoms in total. The van der Waals surface area contributed by atoms with Crippen LogP contribution in [0.15, 0.2) is 83.8 Å². The summed E-state index contributed by atoms with van der Waals surface area (Å²) >= 11 is 0. The van der Waals surface area contributed by atoms with E-state index in [2.05, 4.69) is 5.32 Å². The van der Waals surface area contributed by atoms with Gasteiger partial charge in [-0.05, 0) is 56.0 Å². The number of hydrogen-bond acceptors (Lipinski definition) is 5. The largest absolute Gasteiger partial charge is 0.492 e. The highest BCUT2D eigenvalue weighted by Crippen LogP contribution is 2.33. The van der Waals surface area contributed by atoms with Crippen molar-refractivity contribution in [3.8, 4) is 5.75 Å². The Morgan fingerprint density at radius 3 is 2.24 bits per heavy atom. The number of anilines is 1. The molecule has 0 radical (unpaired) electrons. The van der Waals surface area contributed by atoms with Crippen LogP contribution in [0, 0.1) is 12.8 Å². The van der Waals surface area contributed by atoms with Crippen LogP contribution in [0.25, 0.3) is 0 Å². The van der Waals surface area contributed by atoms with Crippen molar-refractivity contribution < 1.29 is 22.7 Å². The van der Waals surface area contributed by atoms with Gasteiger partial charge in [-0.3, -0.25) is 13.9 Å². The maximum Gasteiger partial charge on any atom is 0.264 e. The van der Waals surface area contributed by atoms with Gasteiger partial charge in [0.1, 0.15) is 18.3 Å². The van der Waals surface area contributed by atoms with Crippen molar-refractivity contribution in [2.24, 2.45) is 5.92 Å². The van der Waals surface area contributed by atoms with Gasteiger partial charge in [0.05, 0.1) is 17.2 Å². The molecule has 220 valence electrons. The minimum absolute atomic E-state index is 0.0473. The number of para-hydroxylation sites is 2. The Balaban J connectivity index is 2.09. The summed E-state index contributed by atoms with van der Waals surface area (Å²) in [5, 5.41) is 2.95. The molecule has 1 N–H and O–H groups in total. The van der Waals surface area contributed by atoms with Gasteiger partial charge in [-0.1, -0.05) is 80.9 Å². The Morgan fingerprint density at radius 1 is 0.927 bits per heavy atom. The molecule has 0 aliphatic heterocycles. The SMILES string of the molecule is CCOc1ccccc1N(CC(=O)N(Cc1cccc(C)c1)C(CC)C(=O)NCC(C)C)S(=O)(=O)c1ccccc1. The summed E-state index contributed by atoms with van der Waals surface area (Å²) in [7, 11) is -4.17. The second kappa shape index (κ2) is 14.7. The molecule has 0 spiro atoms. The maximum absolute atomic E-state index is 14.2. The molecule has 0 saturated carbocycles.